The molecule has 104 valence electrons. The number of aryl methyl sites for hydroxylation is 1. The quantitative estimate of drug-likeness (QED) is 0.911. The van der Waals surface area contributed by atoms with Crippen LogP contribution in [0.4, 0.5) is 5.69 Å². The number of carbonyl (C=O) groups is 1. The van der Waals surface area contributed by atoms with Crippen LogP contribution < -0.4 is 4.90 Å². The Morgan fingerprint density at radius 2 is 2.10 bits per heavy atom. The molecule has 1 aliphatic heterocycles. The van der Waals surface area contributed by atoms with Crippen molar-refractivity contribution in [3.8, 4) is 0 Å². The molecule has 1 N–H and O–H groups in total. The van der Waals surface area contributed by atoms with Crippen LogP contribution in [-0.4, -0.2) is 29.1 Å². The smallest absolute Gasteiger partial charge is 0.308 e. The van der Waals surface area contributed by atoms with Crippen molar-refractivity contribution in [3.63, 3.8) is 0 Å². The second-order valence-electron chi connectivity index (χ2n) is 5.63. The van der Waals surface area contributed by atoms with Crippen LogP contribution in [-0.2, 0) is 4.79 Å². The molecule has 2 heterocycles. The summed E-state index contributed by atoms with van der Waals surface area (Å²) in [6.07, 6.45) is 0. The van der Waals surface area contributed by atoms with Gasteiger partial charge in [0.05, 0.1) is 11.4 Å². The maximum atomic E-state index is 11.3. The van der Waals surface area contributed by atoms with Gasteiger partial charge in [0, 0.05) is 29.9 Å². The highest BCUT2D eigenvalue weighted by Gasteiger charge is 2.35. The lowest BCUT2D eigenvalue weighted by Crippen LogP contribution is -2.23. The van der Waals surface area contributed by atoms with Crippen molar-refractivity contribution in [1.29, 1.82) is 0 Å². The highest BCUT2D eigenvalue weighted by molar-refractivity contribution is 5.92. The van der Waals surface area contributed by atoms with E-state index in [0.717, 1.165) is 28.8 Å². The van der Waals surface area contributed by atoms with E-state index < -0.39 is 5.97 Å². The third kappa shape index (κ3) is 2.11. The Bertz CT molecular complexity index is 669. The summed E-state index contributed by atoms with van der Waals surface area (Å²) >= 11 is 0. The van der Waals surface area contributed by atoms with Crippen LogP contribution in [0.5, 0.6) is 0 Å². The van der Waals surface area contributed by atoms with Gasteiger partial charge in [-0.2, -0.15) is 0 Å². The molecule has 0 amide bonds. The summed E-state index contributed by atoms with van der Waals surface area (Å²) in [5, 5.41) is 10.4. The third-order valence-electron chi connectivity index (χ3n) is 4.09. The average Bonchev–Trinajstić information content (AvgIpc) is 2.80. The molecule has 1 fully saturated rings. The number of aliphatic carboxylic acids is 1. The fraction of sp³-hybridized carbons (Fsp3) is 0.375. The molecule has 0 bridgehead atoms. The zero-order valence-electron chi connectivity index (χ0n) is 11.7. The Balaban J connectivity index is 2.05. The van der Waals surface area contributed by atoms with Crippen molar-refractivity contribution in [3.05, 3.63) is 36.0 Å². The maximum Gasteiger partial charge on any atom is 0.308 e. The fourth-order valence-electron chi connectivity index (χ4n) is 3.03. The van der Waals surface area contributed by atoms with Crippen molar-refractivity contribution >= 4 is 22.6 Å². The van der Waals surface area contributed by atoms with Gasteiger partial charge >= 0.3 is 5.97 Å². The van der Waals surface area contributed by atoms with Gasteiger partial charge in [-0.05, 0) is 25.0 Å². The van der Waals surface area contributed by atoms with Crippen molar-refractivity contribution in [2.75, 3.05) is 18.0 Å². The molecule has 4 heteroatoms. The van der Waals surface area contributed by atoms with Crippen LogP contribution >= 0.6 is 0 Å². The second kappa shape index (κ2) is 4.78. The van der Waals surface area contributed by atoms with E-state index in [-0.39, 0.29) is 11.8 Å². The van der Waals surface area contributed by atoms with Gasteiger partial charge in [-0.25, -0.2) is 0 Å². The normalized spacial score (nSPS) is 22.4. The number of anilines is 1. The summed E-state index contributed by atoms with van der Waals surface area (Å²) < 4.78 is 0. The molecular formula is C16H18N2O2. The lowest BCUT2D eigenvalue weighted by atomic mass is 9.99. The Kier molecular flexibility index (Phi) is 3.08. The SMILES string of the molecule is Cc1cc(N2C[C@@H](C)[C@H](C(=O)O)C2)c2ccccc2n1. The van der Waals surface area contributed by atoms with Gasteiger partial charge in [-0.15, -0.1) is 0 Å². The minimum atomic E-state index is -0.699. The molecule has 0 unspecified atom stereocenters. The molecule has 2 aromatic rings. The summed E-state index contributed by atoms with van der Waals surface area (Å²) in [6, 6.07) is 10.1. The number of carboxylic acid groups (broad SMARTS) is 1. The molecule has 1 aromatic carbocycles. The zero-order valence-corrected chi connectivity index (χ0v) is 11.7. The van der Waals surface area contributed by atoms with Crippen LogP contribution in [0.2, 0.25) is 0 Å². The van der Waals surface area contributed by atoms with E-state index in [0.29, 0.717) is 6.54 Å². The monoisotopic (exact) mass is 270 g/mol. The molecule has 20 heavy (non-hydrogen) atoms. The van der Waals surface area contributed by atoms with Gasteiger partial charge in [0.2, 0.25) is 0 Å². The van der Waals surface area contributed by atoms with Gasteiger partial charge in [0.25, 0.3) is 0 Å². The lowest BCUT2D eigenvalue weighted by molar-refractivity contribution is -0.142. The predicted octanol–water partition coefficient (Wildman–Crippen LogP) is 2.70. The predicted molar refractivity (Wildman–Crippen MR) is 79.0 cm³/mol. The van der Waals surface area contributed by atoms with Gasteiger partial charge in [0.1, 0.15) is 0 Å². The molecule has 0 spiro atoms. The van der Waals surface area contributed by atoms with Crippen molar-refractivity contribution in [1.82, 2.24) is 4.98 Å². The number of pyridine rings is 1. The summed E-state index contributed by atoms with van der Waals surface area (Å²) in [5.74, 6) is -0.822. The lowest BCUT2D eigenvalue weighted by Gasteiger charge is -2.20. The van der Waals surface area contributed by atoms with Crippen LogP contribution in [0, 0.1) is 18.8 Å². The van der Waals surface area contributed by atoms with Crippen LogP contribution in [0.3, 0.4) is 0 Å². The number of para-hydroxylation sites is 1. The largest absolute Gasteiger partial charge is 0.481 e. The number of carboxylic acids is 1. The van der Waals surface area contributed by atoms with Gasteiger partial charge in [-0.3, -0.25) is 9.78 Å². The number of hydrogen-bond acceptors (Lipinski definition) is 3. The first-order valence-corrected chi connectivity index (χ1v) is 6.90. The first kappa shape index (κ1) is 12.9. The van der Waals surface area contributed by atoms with E-state index in [2.05, 4.69) is 22.0 Å². The molecule has 0 radical (unpaired) electrons. The molecule has 4 nitrogen and oxygen atoms in total. The van der Waals surface area contributed by atoms with Gasteiger partial charge in [0.15, 0.2) is 0 Å². The number of benzene rings is 1. The molecule has 0 aliphatic carbocycles. The van der Waals surface area contributed by atoms with Crippen molar-refractivity contribution in [2.24, 2.45) is 11.8 Å². The standard InChI is InChI=1S/C16H18N2O2/c1-10-8-18(9-13(10)16(19)20)15-7-11(2)17-14-6-4-3-5-12(14)15/h3-7,10,13H,8-9H2,1-2H3,(H,19,20)/t10-,13-/m1/s1. The highest BCUT2D eigenvalue weighted by Crippen LogP contribution is 2.33. The minimum absolute atomic E-state index is 0.166. The summed E-state index contributed by atoms with van der Waals surface area (Å²) in [5.41, 5.74) is 3.03. The molecule has 3 rings (SSSR count). The molecular weight excluding hydrogens is 252 g/mol. The number of fused-ring (bicyclic) bond motifs is 1. The Morgan fingerprint density at radius 1 is 1.35 bits per heavy atom. The van der Waals surface area contributed by atoms with Crippen LogP contribution in [0.25, 0.3) is 10.9 Å². The minimum Gasteiger partial charge on any atom is -0.481 e. The van der Waals surface area contributed by atoms with Crippen molar-refractivity contribution in [2.45, 2.75) is 13.8 Å². The number of hydrogen-bond donors (Lipinski definition) is 1. The molecule has 0 saturated carbocycles. The molecule has 2 atom stereocenters. The van der Waals surface area contributed by atoms with E-state index in [1.165, 1.54) is 0 Å². The highest BCUT2D eigenvalue weighted by atomic mass is 16.4. The molecule has 1 aromatic heterocycles. The van der Waals surface area contributed by atoms with E-state index in [1.54, 1.807) is 0 Å². The summed E-state index contributed by atoms with van der Waals surface area (Å²) in [7, 11) is 0. The first-order chi connectivity index (χ1) is 9.56. The van der Waals surface area contributed by atoms with Crippen LogP contribution in [0.1, 0.15) is 12.6 Å². The van der Waals surface area contributed by atoms with Crippen LogP contribution in [0.15, 0.2) is 30.3 Å². The number of nitrogens with zero attached hydrogens (tertiary/aromatic N) is 2. The Hall–Kier alpha value is -2.10. The Morgan fingerprint density at radius 3 is 2.80 bits per heavy atom. The van der Waals surface area contributed by atoms with Crippen molar-refractivity contribution < 1.29 is 9.90 Å². The summed E-state index contributed by atoms with van der Waals surface area (Å²) in [6.45, 7) is 5.34. The van der Waals surface area contributed by atoms with E-state index in [1.807, 2.05) is 32.0 Å². The van der Waals surface area contributed by atoms with E-state index in [4.69, 9.17) is 0 Å². The average molecular weight is 270 g/mol. The molecule has 1 saturated heterocycles. The second-order valence-corrected chi connectivity index (χ2v) is 5.63. The van der Waals surface area contributed by atoms with Gasteiger partial charge in [-0.1, -0.05) is 25.1 Å². The van der Waals surface area contributed by atoms with Gasteiger partial charge < -0.3 is 10.0 Å². The number of rotatable bonds is 2. The molecule has 1 aliphatic rings. The topological polar surface area (TPSA) is 53.4 Å². The van der Waals surface area contributed by atoms with E-state index in [9.17, 15) is 9.90 Å². The van der Waals surface area contributed by atoms with E-state index >= 15 is 0 Å². The maximum absolute atomic E-state index is 11.3. The first-order valence-electron chi connectivity index (χ1n) is 6.90. The summed E-state index contributed by atoms with van der Waals surface area (Å²) in [4.78, 5) is 18.0. The third-order valence-corrected chi connectivity index (χ3v) is 4.09. The zero-order chi connectivity index (χ0) is 14.3. The fourth-order valence-corrected chi connectivity index (χ4v) is 3.03. The Labute approximate surface area is 118 Å². The number of aromatic nitrogens is 1.